The Morgan fingerprint density at radius 3 is 2.53 bits per heavy atom. The van der Waals surface area contributed by atoms with E-state index in [4.69, 9.17) is 9.47 Å². The fourth-order valence-electron chi connectivity index (χ4n) is 1.70. The molecule has 0 unspecified atom stereocenters. The number of methoxy groups -OCH3 is 2. The molecule has 1 aromatic heterocycles. The summed E-state index contributed by atoms with van der Waals surface area (Å²) in [7, 11) is 5.27. The zero-order chi connectivity index (χ0) is 13.1. The first kappa shape index (κ1) is 14.0. The number of aryl methyl sites for hydroxylation is 2. The Hall–Kier alpha value is -1.07. The van der Waals surface area contributed by atoms with Gasteiger partial charge in [-0.15, -0.1) is 0 Å². The van der Waals surface area contributed by atoms with E-state index in [1.807, 2.05) is 27.8 Å². The Balaban J connectivity index is 2.63. The molecule has 0 bridgehead atoms. The molecule has 1 aromatic rings. The van der Waals surface area contributed by atoms with Crippen molar-refractivity contribution in [1.29, 1.82) is 0 Å². The van der Waals surface area contributed by atoms with Crippen molar-refractivity contribution in [3.63, 3.8) is 0 Å². The number of aromatic nitrogens is 2. The van der Waals surface area contributed by atoms with Crippen LogP contribution in [0.1, 0.15) is 25.1 Å². The zero-order valence-electron chi connectivity index (χ0n) is 11.6. The maximum absolute atomic E-state index is 5.35. The number of hydrogen-bond donors (Lipinski definition) is 1. The largest absolute Gasteiger partial charge is 0.481 e. The quantitative estimate of drug-likeness (QED) is 0.814. The first-order valence-electron chi connectivity index (χ1n) is 5.73. The van der Waals surface area contributed by atoms with Gasteiger partial charge in [0.25, 0.3) is 0 Å². The molecule has 0 spiro atoms. The standard InChI is InChI=1S/C12H23N3O2/c1-9-10(11(16-5)15(4)14-9)7-13-8-12(2,3)17-6/h13H,7-8H2,1-6H3. The molecule has 5 heteroatoms. The maximum Gasteiger partial charge on any atom is 0.216 e. The lowest BCUT2D eigenvalue weighted by atomic mass is 10.1. The van der Waals surface area contributed by atoms with Gasteiger partial charge >= 0.3 is 0 Å². The zero-order valence-corrected chi connectivity index (χ0v) is 11.6. The summed E-state index contributed by atoms with van der Waals surface area (Å²) in [6, 6.07) is 0. The van der Waals surface area contributed by atoms with Gasteiger partial charge in [-0.2, -0.15) is 5.10 Å². The molecule has 0 saturated carbocycles. The van der Waals surface area contributed by atoms with Crippen molar-refractivity contribution in [2.75, 3.05) is 20.8 Å². The number of rotatable bonds is 6. The van der Waals surface area contributed by atoms with Crippen LogP contribution >= 0.6 is 0 Å². The average molecular weight is 241 g/mol. The molecule has 98 valence electrons. The van der Waals surface area contributed by atoms with Gasteiger partial charge in [0.1, 0.15) is 0 Å². The molecule has 0 aliphatic rings. The van der Waals surface area contributed by atoms with E-state index in [1.54, 1.807) is 18.9 Å². The van der Waals surface area contributed by atoms with Crippen molar-refractivity contribution in [1.82, 2.24) is 15.1 Å². The molecule has 1 N–H and O–H groups in total. The molecule has 0 aliphatic heterocycles. The van der Waals surface area contributed by atoms with Gasteiger partial charge in [-0.1, -0.05) is 0 Å². The summed E-state index contributed by atoms with van der Waals surface area (Å²) in [6.45, 7) is 7.60. The molecule has 0 radical (unpaired) electrons. The SMILES string of the molecule is COc1c(CNCC(C)(C)OC)c(C)nn1C. The molecule has 0 aromatic carbocycles. The highest BCUT2D eigenvalue weighted by atomic mass is 16.5. The van der Waals surface area contributed by atoms with Crippen molar-refractivity contribution in [3.05, 3.63) is 11.3 Å². The number of hydrogen-bond acceptors (Lipinski definition) is 4. The van der Waals surface area contributed by atoms with E-state index in [0.29, 0.717) is 0 Å². The third-order valence-electron chi connectivity index (χ3n) is 2.89. The molecule has 0 amide bonds. The Morgan fingerprint density at radius 1 is 1.35 bits per heavy atom. The molecule has 0 atom stereocenters. The molecule has 5 nitrogen and oxygen atoms in total. The van der Waals surface area contributed by atoms with Gasteiger partial charge in [-0.05, 0) is 20.8 Å². The smallest absolute Gasteiger partial charge is 0.216 e. The van der Waals surface area contributed by atoms with Gasteiger partial charge in [-0.3, -0.25) is 0 Å². The lowest BCUT2D eigenvalue weighted by molar-refractivity contribution is 0.0230. The van der Waals surface area contributed by atoms with E-state index in [1.165, 1.54) is 0 Å². The monoisotopic (exact) mass is 241 g/mol. The van der Waals surface area contributed by atoms with E-state index in [-0.39, 0.29) is 5.60 Å². The Morgan fingerprint density at radius 2 is 2.00 bits per heavy atom. The first-order chi connectivity index (χ1) is 7.91. The van der Waals surface area contributed by atoms with Gasteiger partial charge in [0.05, 0.1) is 24.0 Å². The minimum atomic E-state index is -0.163. The van der Waals surface area contributed by atoms with Gasteiger partial charge < -0.3 is 14.8 Å². The highest BCUT2D eigenvalue weighted by molar-refractivity contribution is 5.30. The second-order valence-corrected chi connectivity index (χ2v) is 4.76. The fourth-order valence-corrected chi connectivity index (χ4v) is 1.70. The summed E-state index contributed by atoms with van der Waals surface area (Å²) >= 11 is 0. The van der Waals surface area contributed by atoms with Gasteiger partial charge in [-0.25, -0.2) is 4.68 Å². The van der Waals surface area contributed by atoms with Crippen LogP contribution in [-0.2, 0) is 18.3 Å². The molecule has 0 aliphatic carbocycles. The first-order valence-corrected chi connectivity index (χ1v) is 5.73. The molecule has 0 saturated heterocycles. The Bertz CT molecular complexity index is 372. The van der Waals surface area contributed by atoms with Crippen LogP contribution in [0.2, 0.25) is 0 Å². The third-order valence-corrected chi connectivity index (χ3v) is 2.89. The molecular weight excluding hydrogens is 218 g/mol. The van der Waals surface area contributed by atoms with Crippen molar-refractivity contribution < 1.29 is 9.47 Å². The lowest BCUT2D eigenvalue weighted by Crippen LogP contribution is -2.36. The van der Waals surface area contributed by atoms with Crippen molar-refractivity contribution in [3.8, 4) is 5.88 Å². The van der Waals surface area contributed by atoms with Crippen LogP contribution in [-0.4, -0.2) is 36.1 Å². The fraction of sp³-hybridized carbons (Fsp3) is 0.750. The van der Waals surface area contributed by atoms with E-state index in [2.05, 4.69) is 10.4 Å². The van der Waals surface area contributed by atoms with Gasteiger partial charge in [0.2, 0.25) is 5.88 Å². The summed E-state index contributed by atoms with van der Waals surface area (Å²) < 4.78 is 12.4. The topological polar surface area (TPSA) is 48.3 Å². The maximum atomic E-state index is 5.35. The van der Waals surface area contributed by atoms with E-state index in [9.17, 15) is 0 Å². The molecular formula is C12H23N3O2. The van der Waals surface area contributed by atoms with Crippen LogP contribution < -0.4 is 10.1 Å². The molecule has 1 rings (SSSR count). The summed E-state index contributed by atoms with van der Waals surface area (Å²) in [5.41, 5.74) is 1.93. The number of nitrogens with one attached hydrogen (secondary N) is 1. The highest BCUT2D eigenvalue weighted by Crippen LogP contribution is 2.20. The molecule has 1 heterocycles. The predicted molar refractivity (Wildman–Crippen MR) is 67.3 cm³/mol. The number of nitrogens with zero attached hydrogens (tertiary/aromatic N) is 2. The van der Waals surface area contributed by atoms with Gasteiger partial charge in [0.15, 0.2) is 0 Å². The van der Waals surface area contributed by atoms with Crippen LogP contribution in [0.5, 0.6) is 5.88 Å². The second kappa shape index (κ2) is 5.51. The summed E-state index contributed by atoms with van der Waals surface area (Å²) in [5.74, 6) is 0.810. The summed E-state index contributed by atoms with van der Waals surface area (Å²) in [5, 5.41) is 7.70. The van der Waals surface area contributed by atoms with Crippen LogP contribution in [0.15, 0.2) is 0 Å². The van der Waals surface area contributed by atoms with E-state index in [0.717, 1.165) is 30.2 Å². The minimum Gasteiger partial charge on any atom is -0.481 e. The third kappa shape index (κ3) is 3.44. The highest BCUT2D eigenvalue weighted by Gasteiger charge is 2.18. The average Bonchev–Trinajstić information content (AvgIpc) is 2.53. The van der Waals surface area contributed by atoms with Crippen LogP contribution in [0.4, 0.5) is 0 Å². The second-order valence-electron chi connectivity index (χ2n) is 4.76. The summed E-state index contributed by atoms with van der Waals surface area (Å²) in [6.07, 6.45) is 0. The van der Waals surface area contributed by atoms with Crippen molar-refractivity contribution >= 4 is 0 Å². The van der Waals surface area contributed by atoms with Crippen molar-refractivity contribution in [2.24, 2.45) is 7.05 Å². The lowest BCUT2D eigenvalue weighted by Gasteiger charge is -2.23. The number of ether oxygens (including phenoxy) is 2. The molecule has 17 heavy (non-hydrogen) atoms. The van der Waals surface area contributed by atoms with E-state index < -0.39 is 0 Å². The predicted octanol–water partition coefficient (Wildman–Crippen LogP) is 1.25. The minimum absolute atomic E-state index is 0.163. The van der Waals surface area contributed by atoms with Gasteiger partial charge in [0, 0.05) is 27.2 Å². The molecule has 0 fully saturated rings. The van der Waals surface area contributed by atoms with E-state index >= 15 is 0 Å². The Kier molecular flexibility index (Phi) is 4.54. The Labute approximate surface area is 103 Å². The van der Waals surface area contributed by atoms with Crippen LogP contribution in [0, 0.1) is 6.92 Å². The van der Waals surface area contributed by atoms with Crippen LogP contribution in [0.25, 0.3) is 0 Å². The summed E-state index contributed by atoms with van der Waals surface area (Å²) in [4.78, 5) is 0. The van der Waals surface area contributed by atoms with Crippen molar-refractivity contribution in [2.45, 2.75) is 32.9 Å². The van der Waals surface area contributed by atoms with Crippen LogP contribution in [0.3, 0.4) is 0 Å². The normalized spacial score (nSPS) is 11.9.